The fraction of sp³-hybridized carbons (Fsp3) is 0.375. The van der Waals surface area contributed by atoms with E-state index in [-0.39, 0.29) is 11.7 Å². The Hall–Kier alpha value is -4.20. The van der Waals surface area contributed by atoms with E-state index >= 15 is 0 Å². The molecule has 1 amide bonds. The van der Waals surface area contributed by atoms with Crippen LogP contribution in [-0.2, 0) is 31.4 Å². The Morgan fingerprint density at radius 3 is 2.42 bits per heavy atom. The van der Waals surface area contributed by atoms with E-state index in [9.17, 15) is 9.59 Å². The molecule has 1 saturated heterocycles. The molecule has 7 nitrogen and oxygen atoms in total. The van der Waals surface area contributed by atoms with Crippen LogP contribution in [0.25, 0.3) is 16.7 Å². The van der Waals surface area contributed by atoms with Crippen molar-refractivity contribution in [1.82, 2.24) is 20.0 Å². The normalized spacial score (nSPS) is 14.5. The maximum absolute atomic E-state index is 14.0. The van der Waals surface area contributed by atoms with Crippen molar-refractivity contribution in [3.63, 3.8) is 0 Å². The lowest BCUT2D eigenvalue weighted by Crippen LogP contribution is -2.25. The van der Waals surface area contributed by atoms with E-state index < -0.39 is 0 Å². The molecule has 0 radical (unpaired) electrons. The smallest absolute Gasteiger partial charge is 0.248 e. The predicted molar refractivity (Wildman–Crippen MR) is 192 cm³/mol. The molecule has 0 spiro atoms. The molecule has 6 rings (SSSR count). The monoisotopic (exact) mass is 664 g/mol. The number of halogens is 1. The number of hydrogen-bond acceptors (Lipinski definition) is 5. The standard InChI is InChI=1S/C40H45ClN4O3/c1-25-19-31(20-26(2)39(25)41)48-18-10-15-33-32-13-9-14-34(38-27(3)44(5)43-37(38)24-45-16-6-7-17-45)35(32)22-36(33)40(47)42-23-29-11-8-12-30(21-29)28(4)46/h8-9,11-14,19-21H,6-7,10,15-18,22-24H2,1-5H3,(H,42,47). The number of Topliss-reactive ketones (excluding diaryl/α,β-unsaturated/α-hetero) is 1. The molecule has 0 bridgehead atoms. The summed E-state index contributed by atoms with van der Waals surface area (Å²) in [5, 5.41) is 8.90. The van der Waals surface area contributed by atoms with Crippen molar-refractivity contribution in [2.45, 2.75) is 72.9 Å². The van der Waals surface area contributed by atoms with Gasteiger partial charge in [0.1, 0.15) is 5.75 Å². The van der Waals surface area contributed by atoms with Crippen LogP contribution in [0.3, 0.4) is 0 Å². The molecule has 0 saturated carbocycles. The molecular weight excluding hydrogens is 620 g/mol. The van der Waals surface area contributed by atoms with Gasteiger partial charge in [-0.3, -0.25) is 19.2 Å². The Morgan fingerprint density at radius 2 is 1.69 bits per heavy atom. The Kier molecular flexibility index (Phi) is 10.2. The average Bonchev–Trinajstić information content (AvgIpc) is 3.79. The van der Waals surface area contributed by atoms with Crippen molar-refractivity contribution >= 4 is 28.9 Å². The first-order valence-corrected chi connectivity index (χ1v) is 17.4. The van der Waals surface area contributed by atoms with Crippen LogP contribution in [0.15, 0.2) is 60.2 Å². The molecule has 250 valence electrons. The lowest BCUT2D eigenvalue weighted by Gasteiger charge is -2.16. The maximum Gasteiger partial charge on any atom is 0.248 e. The van der Waals surface area contributed by atoms with Crippen molar-refractivity contribution in [1.29, 1.82) is 0 Å². The lowest BCUT2D eigenvalue weighted by atomic mass is 9.92. The molecule has 4 aromatic rings. The Balaban J connectivity index is 1.28. The van der Waals surface area contributed by atoms with E-state index in [1.807, 2.05) is 55.9 Å². The number of benzene rings is 3. The molecule has 48 heavy (non-hydrogen) atoms. The van der Waals surface area contributed by atoms with Crippen LogP contribution in [0.4, 0.5) is 0 Å². The van der Waals surface area contributed by atoms with Crippen LogP contribution in [0.5, 0.6) is 5.75 Å². The number of allylic oxidation sites excluding steroid dienone is 1. The first kappa shape index (κ1) is 33.7. The van der Waals surface area contributed by atoms with E-state index in [0.29, 0.717) is 31.6 Å². The molecule has 2 heterocycles. The summed E-state index contributed by atoms with van der Waals surface area (Å²) in [6.45, 7) is 11.6. The van der Waals surface area contributed by atoms with Gasteiger partial charge in [-0.1, -0.05) is 48.0 Å². The zero-order valence-electron chi connectivity index (χ0n) is 28.7. The van der Waals surface area contributed by atoms with E-state index in [1.165, 1.54) is 24.0 Å². The van der Waals surface area contributed by atoms with Crippen LogP contribution < -0.4 is 10.1 Å². The molecular formula is C40H45ClN4O3. The van der Waals surface area contributed by atoms with Gasteiger partial charge in [-0.05, 0) is 124 Å². The van der Waals surface area contributed by atoms with Gasteiger partial charge >= 0.3 is 0 Å². The molecule has 1 aromatic heterocycles. The summed E-state index contributed by atoms with van der Waals surface area (Å²) in [7, 11) is 2.02. The number of nitrogens with zero attached hydrogens (tertiary/aromatic N) is 3. The fourth-order valence-corrected chi connectivity index (χ4v) is 7.26. The number of ether oxygens (including phenoxy) is 1. The van der Waals surface area contributed by atoms with Crippen LogP contribution in [0, 0.1) is 20.8 Å². The molecule has 0 atom stereocenters. The molecule has 1 aliphatic heterocycles. The molecule has 8 heteroatoms. The number of fused-ring (bicyclic) bond motifs is 1. The van der Waals surface area contributed by atoms with Gasteiger partial charge in [0, 0.05) is 54.0 Å². The number of aromatic nitrogens is 2. The van der Waals surface area contributed by atoms with E-state index in [1.54, 1.807) is 13.0 Å². The van der Waals surface area contributed by atoms with E-state index in [4.69, 9.17) is 21.4 Å². The number of nitrogens with one attached hydrogen (secondary N) is 1. The summed E-state index contributed by atoms with van der Waals surface area (Å²) in [6.07, 6.45) is 4.47. The second-order valence-corrected chi connectivity index (χ2v) is 13.6. The summed E-state index contributed by atoms with van der Waals surface area (Å²) in [4.78, 5) is 28.4. The summed E-state index contributed by atoms with van der Waals surface area (Å²) in [5.41, 5.74) is 12.3. The summed E-state index contributed by atoms with van der Waals surface area (Å²) in [6, 6.07) is 17.9. The zero-order chi connectivity index (χ0) is 33.9. The third-order valence-corrected chi connectivity index (χ3v) is 10.4. The molecule has 1 aliphatic carbocycles. The number of amides is 1. The number of hydrogen-bond donors (Lipinski definition) is 1. The first-order valence-electron chi connectivity index (χ1n) is 17.0. The van der Waals surface area contributed by atoms with Crippen molar-refractivity contribution in [3.05, 3.63) is 110 Å². The molecule has 1 fully saturated rings. The first-order chi connectivity index (χ1) is 23.1. The Bertz CT molecular complexity index is 1880. The maximum atomic E-state index is 14.0. The minimum atomic E-state index is -0.0783. The highest BCUT2D eigenvalue weighted by Crippen LogP contribution is 2.43. The quantitative estimate of drug-likeness (QED) is 0.123. The largest absolute Gasteiger partial charge is 0.494 e. The molecule has 2 aliphatic rings. The number of carbonyl (C=O) groups excluding carboxylic acids is 2. The van der Waals surface area contributed by atoms with Gasteiger partial charge in [-0.2, -0.15) is 5.10 Å². The second-order valence-electron chi connectivity index (χ2n) is 13.2. The highest BCUT2D eigenvalue weighted by molar-refractivity contribution is 6.32. The Morgan fingerprint density at radius 1 is 0.979 bits per heavy atom. The lowest BCUT2D eigenvalue weighted by molar-refractivity contribution is -0.117. The SMILES string of the molecule is CC(=O)c1cccc(CNC(=O)C2=C(CCCOc3cc(C)c(Cl)c(C)c3)c3cccc(-c4c(CN5CCCC5)nn(C)c4C)c3C2)c1. The van der Waals surface area contributed by atoms with Gasteiger partial charge in [0.05, 0.1) is 12.3 Å². The van der Waals surface area contributed by atoms with Gasteiger partial charge in [0.2, 0.25) is 5.91 Å². The summed E-state index contributed by atoms with van der Waals surface area (Å²) < 4.78 is 8.16. The van der Waals surface area contributed by atoms with Gasteiger partial charge in [0.15, 0.2) is 5.78 Å². The Labute approximate surface area is 288 Å². The van der Waals surface area contributed by atoms with Crippen molar-refractivity contribution < 1.29 is 14.3 Å². The van der Waals surface area contributed by atoms with Gasteiger partial charge in [-0.25, -0.2) is 0 Å². The third kappa shape index (κ3) is 7.13. The van der Waals surface area contributed by atoms with Crippen LogP contribution in [-0.4, -0.2) is 46.1 Å². The second kappa shape index (κ2) is 14.5. The summed E-state index contributed by atoms with van der Waals surface area (Å²) in [5.74, 6) is 0.735. The van der Waals surface area contributed by atoms with Crippen molar-refractivity contribution in [3.8, 4) is 16.9 Å². The van der Waals surface area contributed by atoms with Crippen LogP contribution in [0.1, 0.15) is 82.2 Å². The number of carbonyl (C=O) groups is 2. The van der Waals surface area contributed by atoms with Gasteiger partial charge in [-0.15, -0.1) is 0 Å². The molecule has 3 aromatic carbocycles. The molecule has 1 N–H and O–H groups in total. The van der Waals surface area contributed by atoms with Crippen molar-refractivity contribution in [2.24, 2.45) is 7.05 Å². The number of likely N-dealkylation sites (tertiary alicyclic amines) is 1. The van der Waals surface area contributed by atoms with Gasteiger partial charge < -0.3 is 10.1 Å². The minimum Gasteiger partial charge on any atom is -0.494 e. The average molecular weight is 665 g/mol. The third-order valence-electron chi connectivity index (χ3n) is 9.78. The molecule has 0 unspecified atom stereocenters. The number of aryl methyl sites for hydroxylation is 3. The van der Waals surface area contributed by atoms with E-state index in [2.05, 4.69) is 35.3 Å². The van der Waals surface area contributed by atoms with Gasteiger partial charge in [0.25, 0.3) is 0 Å². The fourth-order valence-electron chi connectivity index (χ4n) is 7.15. The van der Waals surface area contributed by atoms with Crippen LogP contribution in [0.2, 0.25) is 5.02 Å². The predicted octanol–water partition coefficient (Wildman–Crippen LogP) is 7.95. The topological polar surface area (TPSA) is 76.5 Å². The van der Waals surface area contributed by atoms with Crippen molar-refractivity contribution in [2.75, 3.05) is 19.7 Å². The number of ketones is 1. The summed E-state index contributed by atoms with van der Waals surface area (Å²) >= 11 is 6.37. The van der Waals surface area contributed by atoms with E-state index in [0.717, 1.165) is 87.2 Å². The zero-order valence-corrected chi connectivity index (χ0v) is 29.5. The highest BCUT2D eigenvalue weighted by atomic mass is 35.5. The highest BCUT2D eigenvalue weighted by Gasteiger charge is 2.30. The van der Waals surface area contributed by atoms with Crippen LogP contribution >= 0.6 is 11.6 Å². The minimum absolute atomic E-state index is 0.00730. The number of rotatable bonds is 12.